The van der Waals surface area contributed by atoms with Crippen LogP contribution in [0.3, 0.4) is 0 Å². The van der Waals surface area contributed by atoms with E-state index in [2.05, 4.69) is 291 Å². The molecule has 69 heavy (non-hydrogen) atoms. The summed E-state index contributed by atoms with van der Waals surface area (Å²) in [6, 6.07) is 96.4. The van der Waals surface area contributed by atoms with Crippen LogP contribution in [-0.4, -0.2) is 0 Å². The summed E-state index contributed by atoms with van der Waals surface area (Å²) in [5.74, 6) is 0. The van der Waals surface area contributed by atoms with E-state index in [1.165, 1.54) is 76.5 Å². The van der Waals surface area contributed by atoms with Gasteiger partial charge in [0.2, 0.25) is 0 Å². The quantitative estimate of drug-likeness (QED) is 0.121. The molecule has 11 aromatic rings. The van der Waals surface area contributed by atoms with Gasteiger partial charge in [0.15, 0.2) is 0 Å². The van der Waals surface area contributed by atoms with Crippen LogP contribution in [0.2, 0.25) is 0 Å². The molecule has 0 amide bonds. The minimum atomic E-state index is 1.11. The number of hydrogen-bond acceptors (Lipinski definition) is 3. The Kier molecular flexibility index (Phi) is 12.1. The van der Waals surface area contributed by atoms with Gasteiger partial charge in [0, 0.05) is 43.9 Å². The molecule has 0 aliphatic rings. The maximum absolute atomic E-state index is 2.36. The molecule has 0 fully saturated rings. The van der Waals surface area contributed by atoms with E-state index in [0.717, 1.165) is 34.1 Å². The van der Waals surface area contributed by atoms with E-state index >= 15 is 0 Å². The van der Waals surface area contributed by atoms with Crippen LogP contribution in [0.1, 0.15) is 11.1 Å². The molecule has 330 valence electrons. The van der Waals surface area contributed by atoms with Crippen LogP contribution in [0.15, 0.2) is 267 Å². The fraction of sp³-hybridized carbons (Fsp3) is 0.0303. The second-order valence-electron chi connectivity index (χ2n) is 17.5. The third-order valence-electron chi connectivity index (χ3n) is 13.0. The molecule has 0 atom stereocenters. The van der Waals surface area contributed by atoms with Crippen molar-refractivity contribution in [3.63, 3.8) is 0 Å². The van der Waals surface area contributed by atoms with Crippen LogP contribution >= 0.6 is 11.3 Å². The van der Waals surface area contributed by atoms with Gasteiger partial charge >= 0.3 is 0 Å². The molecule has 10 aromatic carbocycles. The summed E-state index contributed by atoms with van der Waals surface area (Å²) >= 11 is 1.85. The Labute approximate surface area is 410 Å². The van der Waals surface area contributed by atoms with Crippen molar-refractivity contribution in [1.29, 1.82) is 0 Å². The highest BCUT2D eigenvalue weighted by molar-refractivity contribution is 7.18. The molecule has 0 unspecified atom stereocenters. The third kappa shape index (κ3) is 9.17. The lowest BCUT2D eigenvalue weighted by Crippen LogP contribution is -2.10. The molecule has 0 saturated heterocycles. The van der Waals surface area contributed by atoms with Crippen molar-refractivity contribution in [3.8, 4) is 65.4 Å². The van der Waals surface area contributed by atoms with Crippen LogP contribution in [0, 0.1) is 13.8 Å². The highest BCUT2D eigenvalue weighted by atomic mass is 32.1. The molecule has 0 saturated carbocycles. The minimum absolute atomic E-state index is 1.11. The summed E-state index contributed by atoms with van der Waals surface area (Å²) in [4.78, 5) is 7.23. The molecule has 0 radical (unpaired) electrons. The summed E-state index contributed by atoms with van der Waals surface area (Å²) < 4.78 is 0. The van der Waals surface area contributed by atoms with Crippen LogP contribution in [0.5, 0.6) is 0 Å². The van der Waals surface area contributed by atoms with Crippen LogP contribution in [0.4, 0.5) is 34.1 Å². The molecule has 1 aromatic heterocycles. The molecule has 3 heteroatoms. The van der Waals surface area contributed by atoms with Crippen LogP contribution in [0.25, 0.3) is 65.4 Å². The van der Waals surface area contributed by atoms with Gasteiger partial charge in [0.25, 0.3) is 0 Å². The zero-order valence-electron chi connectivity index (χ0n) is 38.7. The fourth-order valence-corrected chi connectivity index (χ4v) is 10.6. The Hall–Kier alpha value is -8.50. The minimum Gasteiger partial charge on any atom is -0.310 e. The van der Waals surface area contributed by atoms with E-state index in [9.17, 15) is 0 Å². The lowest BCUT2D eigenvalue weighted by atomic mass is 10.0. The summed E-state index contributed by atoms with van der Waals surface area (Å²) in [7, 11) is 0. The topological polar surface area (TPSA) is 6.48 Å². The van der Waals surface area contributed by atoms with Crippen molar-refractivity contribution < 1.29 is 0 Å². The first-order chi connectivity index (χ1) is 34.0. The van der Waals surface area contributed by atoms with Gasteiger partial charge in [-0.2, -0.15) is 0 Å². The smallest absolute Gasteiger partial charge is 0.0464 e. The number of thiophene rings is 1. The average molecular weight is 903 g/mol. The first-order valence-corrected chi connectivity index (χ1v) is 24.4. The average Bonchev–Trinajstić information content (AvgIpc) is 3.90. The number of anilines is 6. The standard InChI is InChI=1S/C66H50N2S/c1-47-45-61(67(57-31-23-53(24-32-57)49-15-7-3-8-16-49)58-33-25-54(26-34-58)50-17-9-4-10-18-50)39-41-63(47)65-43-44-66(69-65)64-42-40-62(46-48(64)2)68(59-35-27-55(28-36-59)51-19-11-5-12-20-51)60-37-29-56(30-38-60)52-21-13-6-14-22-52/h3-46H,1-2H3. The highest BCUT2D eigenvalue weighted by Crippen LogP contribution is 2.44. The summed E-state index contributed by atoms with van der Waals surface area (Å²) in [5, 5.41) is 0. The van der Waals surface area contributed by atoms with Gasteiger partial charge in [0.1, 0.15) is 0 Å². The van der Waals surface area contributed by atoms with Gasteiger partial charge in [-0.25, -0.2) is 0 Å². The van der Waals surface area contributed by atoms with Gasteiger partial charge in [-0.15, -0.1) is 11.3 Å². The SMILES string of the molecule is Cc1cc(N(c2ccc(-c3ccccc3)cc2)c2ccc(-c3ccccc3)cc2)ccc1-c1ccc(-c2ccc(N(c3ccc(-c4ccccc4)cc3)c3ccc(-c4ccccc4)cc3)cc2C)s1. The largest absolute Gasteiger partial charge is 0.310 e. The second kappa shape index (κ2) is 19.4. The molecule has 0 N–H and O–H groups in total. The van der Waals surface area contributed by atoms with Gasteiger partial charge < -0.3 is 9.80 Å². The van der Waals surface area contributed by atoms with Gasteiger partial charge in [-0.1, -0.05) is 182 Å². The molecular formula is C66H50N2S. The lowest BCUT2D eigenvalue weighted by molar-refractivity contribution is 1.27. The number of rotatable bonds is 12. The van der Waals surface area contributed by atoms with Gasteiger partial charge in [0.05, 0.1) is 0 Å². The molecule has 0 bridgehead atoms. The second-order valence-corrected chi connectivity index (χ2v) is 18.6. The van der Waals surface area contributed by atoms with Gasteiger partial charge in [-0.05, 0) is 166 Å². The normalized spacial score (nSPS) is 11.0. The van der Waals surface area contributed by atoms with Crippen LogP contribution < -0.4 is 9.80 Å². The molecule has 0 aliphatic carbocycles. The summed E-state index contributed by atoms with van der Waals surface area (Å²) in [5.41, 5.74) is 21.2. The maximum Gasteiger partial charge on any atom is 0.0464 e. The van der Waals surface area contributed by atoms with E-state index in [4.69, 9.17) is 0 Å². The molecule has 0 aliphatic heterocycles. The molecule has 0 spiro atoms. The van der Waals surface area contributed by atoms with E-state index < -0.39 is 0 Å². The zero-order valence-corrected chi connectivity index (χ0v) is 39.5. The number of benzene rings is 10. The first kappa shape index (κ1) is 43.1. The Bertz CT molecular complexity index is 3060. The Balaban J connectivity index is 0.896. The monoisotopic (exact) mass is 902 g/mol. The number of hydrogen-bond donors (Lipinski definition) is 0. The maximum atomic E-state index is 2.36. The highest BCUT2D eigenvalue weighted by Gasteiger charge is 2.19. The van der Waals surface area contributed by atoms with E-state index in [-0.39, 0.29) is 0 Å². The van der Waals surface area contributed by atoms with E-state index in [1.807, 2.05) is 11.3 Å². The van der Waals surface area contributed by atoms with Gasteiger partial charge in [-0.3, -0.25) is 0 Å². The summed E-state index contributed by atoms with van der Waals surface area (Å²) in [6.45, 7) is 4.47. The molecule has 2 nitrogen and oxygen atoms in total. The predicted molar refractivity (Wildman–Crippen MR) is 296 cm³/mol. The Morgan fingerprint density at radius 3 is 0.710 bits per heavy atom. The zero-order chi connectivity index (χ0) is 46.5. The number of nitrogens with zero attached hydrogens (tertiary/aromatic N) is 2. The summed E-state index contributed by atoms with van der Waals surface area (Å²) in [6.07, 6.45) is 0. The van der Waals surface area contributed by atoms with Crippen molar-refractivity contribution in [2.24, 2.45) is 0 Å². The van der Waals surface area contributed by atoms with Crippen molar-refractivity contribution in [2.75, 3.05) is 9.80 Å². The fourth-order valence-electron chi connectivity index (χ4n) is 9.38. The van der Waals surface area contributed by atoms with Crippen LogP contribution in [-0.2, 0) is 0 Å². The lowest BCUT2D eigenvalue weighted by Gasteiger charge is -2.27. The Morgan fingerprint density at radius 1 is 0.232 bits per heavy atom. The molecule has 1 heterocycles. The van der Waals surface area contributed by atoms with E-state index in [0.29, 0.717) is 0 Å². The molecular weight excluding hydrogens is 853 g/mol. The van der Waals surface area contributed by atoms with E-state index in [1.54, 1.807) is 0 Å². The first-order valence-electron chi connectivity index (χ1n) is 23.6. The third-order valence-corrected chi connectivity index (χ3v) is 14.2. The van der Waals surface area contributed by atoms with Crippen molar-refractivity contribution in [3.05, 3.63) is 278 Å². The predicted octanol–water partition coefficient (Wildman–Crippen LogP) is 19.3. The van der Waals surface area contributed by atoms with Crippen molar-refractivity contribution >= 4 is 45.5 Å². The van der Waals surface area contributed by atoms with Crippen molar-refractivity contribution in [1.82, 2.24) is 0 Å². The Morgan fingerprint density at radius 2 is 0.464 bits per heavy atom. The number of aryl methyl sites for hydroxylation is 2. The van der Waals surface area contributed by atoms with Crippen molar-refractivity contribution in [2.45, 2.75) is 13.8 Å². The molecule has 11 rings (SSSR count).